The Kier molecular flexibility index (Phi) is 6.28. The van der Waals surface area contributed by atoms with Gasteiger partial charge in [-0.15, -0.1) is 11.3 Å². The van der Waals surface area contributed by atoms with Crippen LogP contribution in [0.5, 0.6) is 5.75 Å². The number of nitrogens with zero attached hydrogens (tertiary/aromatic N) is 1. The molecule has 0 aliphatic heterocycles. The quantitative estimate of drug-likeness (QED) is 0.555. The van der Waals surface area contributed by atoms with Gasteiger partial charge < -0.3 is 9.47 Å². The molecule has 0 amide bonds. The molecule has 0 saturated carbocycles. The molecule has 0 saturated heterocycles. The highest BCUT2D eigenvalue weighted by molar-refractivity contribution is 7.09. The van der Waals surface area contributed by atoms with Crippen molar-refractivity contribution < 1.29 is 9.47 Å². The molecule has 0 bridgehead atoms. The maximum atomic E-state index is 5.93. The summed E-state index contributed by atoms with van der Waals surface area (Å²) < 4.78 is 11.8. The van der Waals surface area contributed by atoms with Crippen molar-refractivity contribution in [3.05, 3.63) is 81.8 Å². The second kappa shape index (κ2) is 8.85. The van der Waals surface area contributed by atoms with Crippen LogP contribution >= 0.6 is 11.3 Å². The van der Waals surface area contributed by atoms with Crippen LogP contribution in [0.1, 0.15) is 35.0 Å². The van der Waals surface area contributed by atoms with Gasteiger partial charge in [0.1, 0.15) is 23.0 Å². The van der Waals surface area contributed by atoms with Crippen molar-refractivity contribution in [2.75, 3.05) is 13.7 Å². The predicted molar refractivity (Wildman–Crippen MR) is 110 cm³/mol. The fraction of sp³-hybridized carbons (Fsp3) is 0.261. The van der Waals surface area contributed by atoms with Crippen LogP contribution in [0.25, 0.3) is 0 Å². The largest absolute Gasteiger partial charge is 0.481 e. The van der Waals surface area contributed by atoms with E-state index in [0.29, 0.717) is 6.61 Å². The molecule has 3 aromatic rings. The average Bonchev–Trinajstić information content (AvgIpc) is 3.24. The first-order valence-electron chi connectivity index (χ1n) is 8.92. The lowest BCUT2D eigenvalue weighted by Gasteiger charge is -2.30. The normalized spacial score (nSPS) is 12.7. The molecule has 1 unspecified atom stereocenters. The molecule has 0 spiro atoms. The zero-order valence-corrected chi connectivity index (χ0v) is 16.7. The van der Waals surface area contributed by atoms with E-state index >= 15 is 0 Å². The summed E-state index contributed by atoms with van der Waals surface area (Å²) >= 11 is 1.60. The molecule has 1 heterocycles. The highest BCUT2D eigenvalue weighted by atomic mass is 32.1. The Labute approximate surface area is 165 Å². The third-order valence-electron chi connectivity index (χ3n) is 4.52. The first-order valence-corrected chi connectivity index (χ1v) is 9.80. The fourth-order valence-electron chi connectivity index (χ4n) is 2.98. The molecule has 1 atom stereocenters. The summed E-state index contributed by atoms with van der Waals surface area (Å²) in [5, 5.41) is 2.92. The highest BCUT2D eigenvalue weighted by Gasteiger charge is 2.35. The summed E-state index contributed by atoms with van der Waals surface area (Å²) in [6.07, 6.45) is 2.60. The van der Waals surface area contributed by atoms with Gasteiger partial charge >= 0.3 is 0 Å². The molecular formula is C23H23NO2S. The third kappa shape index (κ3) is 4.39. The zero-order chi connectivity index (χ0) is 19.1. The van der Waals surface area contributed by atoms with E-state index in [1.807, 2.05) is 41.9 Å². The first kappa shape index (κ1) is 19.2. The SMILES string of the molecule is CCC(OC)(c1cccc(OCC#Cc2ccc(C)cc2)c1)c1nccs1. The van der Waals surface area contributed by atoms with Crippen molar-refractivity contribution in [2.24, 2.45) is 0 Å². The lowest BCUT2D eigenvalue weighted by molar-refractivity contribution is 0.0182. The number of benzene rings is 2. The minimum Gasteiger partial charge on any atom is -0.481 e. The predicted octanol–water partition coefficient (Wildman–Crippen LogP) is 5.18. The summed E-state index contributed by atoms with van der Waals surface area (Å²) in [4.78, 5) is 4.48. The Morgan fingerprint density at radius 1 is 1.15 bits per heavy atom. The van der Waals surface area contributed by atoms with Crippen LogP contribution in [0.4, 0.5) is 0 Å². The van der Waals surface area contributed by atoms with E-state index in [4.69, 9.17) is 9.47 Å². The van der Waals surface area contributed by atoms with Crippen LogP contribution in [0.15, 0.2) is 60.1 Å². The van der Waals surface area contributed by atoms with Crippen LogP contribution in [-0.4, -0.2) is 18.7 Å². The fourth-order valence-corrected chi connectivity index (χ4v) is 3.89. The van der Waals surface area contributed by atoms with Crippen LogP contribution in [0.3, 0.4) is 0 Å². The number of hydrogen-bond acceptors (Lipinski definition) is 4. The topological polar surface area (TPSA) is 31.4 Å². The van der Waals surface area contributed by atoms with Crippen molar-refractivity contribution >= 4 is 11.3 Å². The molecule has 1 aromatic heterocycles. The maximum Gasteiger partial charge on any atom is 0.149 e. The summed E-state index contributed by atoms with van der Waals surface area (Å²) in [6.45, 7) is 4.50. The van der Waals surface area contributed by atoms with E-state index in [-0.39, 0.29) is 0 Å². The Morgan fingerprint density at radius 2 is 1.96 bits per heavy atom. The van der Waals surface area contributed by atoms with Crippen molar-refractivity contribution in [3.8, 4) is 17.6 Å². The van der Waals surface area contributed by atoms with E-state index in [1.165, 1.54) is 5.56 Å². The Hall–Kier alpha value is -2.61. The molecule has 2 aromatic carbocycles. The number of ether oxygens (including phenoxy) is 2. The summed E-state index contributed by atoms with van der Waals surface area (Å²) in [5.41, 5.74) is 2.70. The monoisotopic (exact) mass is 377 g/mol. The lowest BCUT2D eigenvalue weighted by Crippen LogP contribution is -2.29. The van der Waals surface area contributed by atoms with Crippen LogP contribution in [-0.2, 0) is 10.3 Å². The summed E-state index contributed by atoms with van der Waals surface area (Å²) in [6, 6.07) is 16.1. The molecule has 0 aliphatic carbocycles. The number of thiazole rings is 1. The van der Waals surface area contributed by atoms with Gasteiger partial charge in [0.2, 0.25) is 0 Å². The smallest absolute Gasteiger partial charge is 0.149 e. The molecule has 0 radical (unpaired) electrons. The van der Waals surface area contributed by atoms with Gasteiger partial charge in [-0.25, -0.2) is 4.98 Å². The first-order chi connectivity index (χ1) is 13.2. The summed E-state index contributed by atoms with van der Waals surface area (Å²) in [5.74, 6) is 6.97. The molecule has 4 heteroatoms. The van der Waals surface area contributed by atoms with Crippen molar-refractivity contribution in [2.45, 2.75) is 25.9 Å². The Balaban J connectivity index is 1.75. The van der Waals surface area contributed by atoms with Gasteiger partial charge in [-0.2, -0.15) is 0 Å². The summed E-state index contributed by atoms with van der Waals surface area (Å²) in [7, 11) is 1.73. The Morgan fingerprint density at radius 3 is 2.63 bits per heavy atom. The molecule has 138 valence electrons. The van der Waals surface area contributed by atoms with Crippen LogP contribution in [0, 0.1) is 18.8 Å². The molecule has 0 N–H and O–H groups in total. The average molecular weight is 378 g/mol. The molecule has 3 rings (SSSR count). The molecule has 3 nitrogen and oxygen atoms in total. The molecule has 27 heavy (non-hydrogen) atoms. The van der Waals surface area contributed by atoms with Gasteiger partial charge in [-0.1, -0.05) is 48.6 Å². The zero-order valence-electron chi connectivity index (χ0n) is 15.9. The number of hydrogen-bond donors (Lipinski definition) is 0. The Bertz CT molecular complexity index is 917. The van der Waals surface area contributed by atoms with Gasteiger partial charge in [-0.3, -0.25) is 0 Å². The van der Waals surface area contributed by atoms with Crippen LogP contribution in [0.2, 0.25) is 0 Å². The van der Waals surface area contributed by atoms with Gasteiger partial charge in [-0.05, 0) is 43.2 Å². The van der Waals surface area contributed by atoms with Crippen LogP contribution < -0.4 is 4.74 Å². The van der Waals surface area contributed by atoms with Gasteiger partial charge in [0.05, 0.1) is 0 Å². The number of methoxy groups -OCH3 is 1. The highest BCUT2D eigenvalue weighted by Crippen LogP contribution is 2.38. The van der Waals surface area contributed by atoms with E-state index in [2.05, 4.69) is 48.9 Å². The van der Waals surface area contributed by atoms with E-state index in [0.717, 1.165) is 28.3 Å². The van der Waals surface area contributed by atoms with E-state index in [1.54, 1.807) is 18.4 Å². The third-order valence-corrected chi connectivity index (χ3v) is 5.44. The number of rotatable bonds is 6. The van der Waals surface area contributed by atoms with Gasteiger partial charge in [0.25, 0.3) is 0 Å². The second-order valence-electron chi connectivity index (χ2n) is 6.21. The number of aromatic nitrogens is 1. The lowest BCUT2D eigenvalue weighted by atomic mass is 9.91. The standard InChI is InChI=1S/C23H23NO2S/c1-4-23(25-3,22-24-14-16-27-22)20-8-5-9-21(17-20)26-15-6-7-19-12-10-18(2)11-13-19/h5,8-14,16-17H,4,15H2,1-3H3. The van der Waals surface area contributed by atoms with Gasteiger partial charge in [0, 0.05) is 24.3 Å². The van der Waals surface area contributed by atoms with Gasteiger partial charge in [0.15, 0.2) is 0 Å². The van der Waals surface area contributed by atoms with Crippen molar-refractivity contribution in [1.29, 1.82) is 0 Å². The van der Waals surface area contributed by atoms with Crippen molar-refractivity contribution in [1.82, 2.24) is 4.98 Å². The maximum absolute atomic E-state index is 5.93. The molecule has 0 aliphatic rings. The van der Waals surface area contributed by atoms with E-state index < -0.39 is 5.60 Å². The van der Waals surface area contributed by atoms with E-state index in [9.17, 15) is 0 Å². The molecular weight excluding hydrogens is 354 g/mol. The minimum atomic E-state index is -0.554. The van der Waals surface area contributed by atoms with Crippen molar-refractivity contribution in [3.63, 3.8) is 0 Å². The minimum absolute atomic E-state index is 0.334. The second-order valence-corrected chi connectivity index (χ2v) is 7.10. The molecule has 0 fully saturated rings. The number of aryl methyl sites for hydroxylation is 1.